The molecule has 1 aliphatic rings. The predicted octanol–water partition coefficient (Wildman–Crippen LogP) is 11.7. The quantitative estimate of drug-likeness (QED) is 0.126. The van der Waals surface area contributed by atoms with E-state index in [4.69, 9.17) is 33.4 Å². The van der Waals surface area contributed by atoms with Crippen LogP contribution < -0.4 is 33.3 Å². The van der Waals surface area contributed by atoms with Gasteiger partial charge in [-0.25, -0.2) is 0 Å². The summed E-state index contributed by atoms with van der Waals surface area (Å²) in [6, 6.07) is 35.1. The van der Waals surface area contributed by atoms with E-state index in [1.807, 2.05) is 42.5 Å². The molecule has 0 radical (unpaired) electrons. The Bertz CT molecular complexity index is 2570. The van der Waals surface area contributed by atoms with Gasteiger partial charge in [-0.05, 0) is 97.3 Å². The Kier molecular flexibility index (Phi) is 10.6. The Morgan fingerprint density at radius 2 is 1.02 bits per heavy atom. The molecule has 2 aromatic heterocycles. The Hall–Kier alpha value is -6.65. The second-order valence-electron chi connectivity index (χ2n) is 13.6. The number of rotatable bonds is 11. The number of pyridine rings is 2. The van der Waals surface area contributed by atoms with Crippen LogP contribution in [0, 0.1) is 13.8 Å². The maximum Gasteiger partial charge on any atom is 0.173 e. The van der Waals surface area contributed by atoms with Gasteiger partial charge in [-0.15, -0.1) is 0 Å². The molecular formula is C48H43N3O6S. The predicted molar refractivity (Wildman–Crippen MR) is 231 cm³/mol. The molecule has 58 heavy (non-hydrogen) atoms. The van der Waals surface area contributed by atoms with Crippen molar-refractivity contribution in [1.29, 1.82) is 0 Å². The van der Waals surface area contributed by atoms with Crippen LogP contribution in [0.2, 0.25) is 0 Å². The molecule has 0 amide bonds. The van der Waals surface area contributed by atoms with E-state index >= 15 is 0 Å². The summed E-state index contributed by atoms with van der Waals surface area (Å²) < 4.78 is 36.9. The number of fused-ring (bicyclic) bond motifs is 2. The lowest BCUT2D eigenvalue weighted by Crippen LogP contribution is -2.16. The van der Waals surface area contributed by atoms with Crippen molar-refractivity contribution >= 4 is 28.8 Å². The third-order valence-corrected chi connectivity index (χ3v) is 11.5. The fraction of sp³-hybridized carbons (Fsp3) is 0.167. The normalized spacial score (nSPS) is 11.7. The second-order valence-corrected chi connectivity index (χ2v) is 14.7. The SMILES string of the molecule is COc1cc(-c2c(OC)c(OC)c(-c3ccc(-c4ccccn4)nc3)c(OC)c2OC)c(OC)cc1-c1cc(C)c(N2c3ccccc3Sc3ccccc32)cc1C. The van der Waals surface area contributed by atoms with Gasteiger partial charge >= 0.3 is 0 Å². The highest BCUT2D eigenvalue weighted by atomic mass is 32.2. The van der Waals surface area contributed by atoms with Gasteiger partial charge in [0.1, 0.15) is 11.5 Å². The standard InChI is InChI=1S/C48H43N3O6S/c1-28-24-38(51-36-16-9-11-18-41(36)58-42-19-12-10-17-37(42)51)29(2)23-31(28)32-25-40(53-4)33(26-39(32)52-3)44-47(56-7)45(54-5)43(46(55-6)48(44)57-8)30-20-21-35(50-27-30)34-15-13-14-22-49-34/h9-27H,1-8H3. The summed E-state index contributed by atoms with van der Waals surface area (Å²) in [5, 5.41) is 0. The van der Waals surface area contributed by atoms with Crippen molar-refractivity contribution in [2.24, 2.45) is 0 Å². The number of benzene rings is 5. The summed E-state index contributed by atoms with van der Waals surface area (Å²) in [7, 11) is 9.72. The second kappa shape index (κ2) is 16.1. The van der Waals surface area contributed by atoms with Crippen molar-refractivity contribution in [1.82, 2.24) is 9.97 Å². The van der Waals surface area contributed by atoms with Crippen molar-refractivity contribution in [2.75, 3.05) is 47.6 Å². The highest BCUT2D eigenvalue weighted by Crippen LogP contribution is 2.59. The molecule has 10 heteroatoms. The van der Waals surface area contributed by atoms with Crippen LogP contribution in [-0.4, -0.2) is 52.6 Å². The van der Waals surface area contributed by atoms with Crippen LogP contribution in [0.3, 0.4) is 0 Å². The molecule has 1 aliphatic heterocycles. The monoisotopic (exact) mass is 789 g/mol. The molecule has 0 bridgehead atoms. The van der Waals surface area contributed by atoms with E-state index in [-0.39, 0.29) is 0 Å². The van der Waals surface area contributed by atoms with Crippen LogP contribution in [0.4, 0.5) is 17.1 Å². The zero-order valence-electron chi connectivity index (χ0n) is 33.7. The minimum Gasteiger partial charge on any atom is -0.496 e. The summed E-state index contributed by atoms with van der Waals surface area (Å²) in [6.07, 6.45) is 3.51. The van der Waals surface area contributed by atoms with E-state index in [1.165, 1.54) is 9.79 Å². The van der Waals surface area contributed by atoms with Crippen LogP contribution >= 0.6 is 11.8 Å². The average molecular weight is 790 g/mol. The van der Waals surface area contributed by atoms with Gasteiger partial charge in [0.2, 0.25) is 0 Å². The molecule has 0 saturated carbocycles. The first-order valence-electron chi connectivity index (χ1n) is 18.7. The topological polar surface area (TPSA) is 84.4 Å². The highest BCUT2D eigenvalue weighted by Gasteiger charge is 2.32. The Morgan fingerprint density at radius 3 is 1.57 bits per heavy atom. The molecule has 0 N–H and O–H groups in total. The van der Waals surface area contributed by atoms with E-state index in [2.05, 4.69) is 84.4 Å². The first-order chi connectivity index (χ1) is 28.3. The van der Waals surface area contributed by atoms with Gasteiger partial charge in [0, 0.05) is 44.6 Å². The molecule has 9 nitrogen and oxygen atoms in total. The molecular weight excluding hydrogens is 747 g/mol. The number of nitrogens with zero attached hydrogens (tertiary/aromatic N) is 3. The summed E-state index contributed by atoms with van der Waals surface area (Å²) in [5.74, 6) is 2.93. The van der Waals surface area contributed by atoms with Crippen LogP contribution in [0.5, 0.6) is 34.5 Å². The van der Waals surface area contributed by atoms with Gasteiger partial charge in [-0.2, -0.15) is 0 Å². The largest absolute Gasteiger partial charge is 0.496 e. The maximum absolute atomic E-state index is 6.17. The van der Waals surface area contributed by atoms with E-state index in [9.17, 15) is 0 Å². The Morgan fingerprint density at radius 1 is 0.466 bits per heavy atom. The van der Waals surface area contributed by atoms with E-state index in [0.29, 0.717) is 51.2 Å². The zero-order chi connectivity index (χ0) is 40.5. The molecule has 0 atom stereocenters. The molecule has 7 aromatic rings. The number of anilines is 3. The number of aromatic nitrogens is 2. The minimum atomic E-state index is 0.425. The lowest BCUT2D eigenvalue weighted by molar-refractivity contribution is 0.333. The zero-order valence-corrected chi connectivity index (χ0v) is 34.5. The van der Waals surface area contributed by atoms with Crippen LogP contribution in [0.1, 0.15) is 11.1 Å². The lowest BCUT2D eigenvalue weighted by Gasteiger charge is -2.34. The Balaban J connectivity index is 1.27. The molecule has 292 valence electrons. The van der Waals surface area contributed by atoms with Crippen molar-refractivity contribution < 1.29 is 28.4 Å². The van der Waals surface area contributed by atoms with Crippen molar-refractivity contribution in [3.63, 3.8) is 0 Å². The smallest absolute Gasteiger partial charge is 0.173 e. The van der Waals surface area contributed by atoms with Crippen LogP contribution in [0.15, 0.2) is 125 Å². The molecule has 0 aliphatic carbocycles. The molecule has 5 aromatic carbocycles. The number of ether oxygens (including phenoxy) is 6. The van der Waals surface area contributed by atoms with Gasteiger partial charge in [-0.1, -0.05) is 48.2 Å². The van der Waals surface area contributed by atoms with Crippen molar-refractivity contribution in [3.8, 4) is 79.3 Å². The Labute approximate surface area is 343 Å². The van der Waals surface area contributed by atoms with Crippen LogP contribution in [0.25, 0.3) is 44.8 Å². The van der Waals surface area contributed by atoms with Gasteiger partial charge in [0.05, 0.1) is 76.5 Å². The molecule has 8 rings (SSSR count). The van der Waals surface area contributed by atoms with Crippen molar-refractivity contribution in [3.05, 3.63) is 127 Å². The number of methoxy groups -OCH3 is 6. The van der Waals surface area contributed by atoms with E-state index in [1.54, 1.807) is 66.8 Å². The summed E-state index contributed by atoms with van der Waals surface area (Å²) in [4.78, 5) is 14.0. The van der Waals surface area contributed by atoms with Gasteiger partial charge in [0.25, 0.3) is 0 Å². The summed E-state index contributed by atoms with van der Waals surface area (Å²) >= 11 is 1.80. The fourth-order valence-corrected chi connectivity index (χ4v) is 8.81. The first kappa shape index (κ1) is 38.2. The molecule has 0 fully saturated rings. The van der Waals surface area contributed by atoms with Crippen molar-refractivity contribution in [2.45, 2.75) is 23.6 Å². The molecule has 3 heterocycles. The number of para-hydroxylation sites is 2. The van der Waals surface area contributed by atoms with E-state index < -0.39 is 0 Å². The van der Waals surface area contributed by atoms with Gasteiger partial charge in [-0.3, -0.25) is 9.97 Å². The number of hydrogen-bond donors (Lipinski definition) is 0. The lowest BCUT2D eigenvalue weighted by atomic mass is 9.91. The fourth-order valence-electron chi connectivity index (χ4n) is 7.75. The molecule has 0 unspecified atom stereocenters. The third-order valence-electron chi connectivity index (χ3n) is 10.4. The van der Waals surface area contributed by atoms with Gasteiger partial charge < -0.3 is 33.3 Å². The third kappa shape index (κ3) is 6.49. The first-order valence-corrected chi connectivity index (χ1v) is 19.5. The highest BCUT2D eigenvalue weighted by molar-refractivity contribution is 7.99. The molecule has 0 saturated heterocycles. The number of aryl methyl sites for hydroxylation is 2. The number of hydrogen-bond acceptors (Lipinski definition) is 10. The van der Waals surface area contributed by atoms with Gasteiger partial charge in [0.15, 0.2) is 23.0 Å². The summed E-state index contributed by atoms with van der Waals surface area (Å²) in [5.41, 5.74) is 11.6. The minimum absolute atomic E-state index is 0.425. The maximum atomic E-state index is 6.17. The van der Waals surface area contributed by atoms with Crippen LogP contribution in [-0.2, 0) is 0 Å². The average Bonchev–Trinajstić information content (AvgIpc) is 3.27. The summed E-state index contributed by atoms with van der Waals surface area (Å²) in [6.45, 7) is 4.29. The van der Waals surface area contributed by atoms with E-state index in [0.717, 1.165) is 56.3 Å². The molecule has 0 spiro atoms.